The highest BCUT2D eigenvalue weighted by Gasteiger charge is 2.28. The molecule has 1 rings (SSSR count). The molecule has 0 aromatic rings. The molecule has 1 fully saturated rings. The number of hydrogen-bond donors (Lipinski definition) is 2. The fraction of sp³-hybridized carbons (Fsp3) is 1.00. The number of aliphatic hydroxyl groups excluding tert-OH is 1. The molecule has 54 valence electrons. The van der Waals surface area contributed by atoms with Gasteiger partial charge in [-0.2, -0.15) is 0 Å². The van der Waals surface area contributed by atoms with Crippen molar-refractivity contribution >= 4 is 0 Å². The molecule has 0 heterocycles. The molecule has 2 nitrogen and oxygen atoms in total. The van der Waals surface area contributed by atoms with Crippen molar-refractivity contribution in [3.05, 3.63) is 0 Å². The molecular weight excluding hydrogens is 114 g/mol. The van der Waals surface area contributed by atoms with Crippen LogP contribution in [0.4, 0.5) is 0 Å². The van der Waals surface area contributed by atoms with Crippen LogP contribution < -0.4 is 5.73 Å². The van der Waals surface area contributed by atoms with Gasteiger partial charge >= 0.3 is 0 Å². The molecule has 9 heavy (non-hydrogen) atoms. The Hall–Kier alpha value is -0.0800. The fourth-order valence-corrected chi connectivity index (χ4v) is 1.04. The third-order valence-corrected chi connectivity index (χ3v) is 1.87. The first kappa shape index (κ1) is 7.03. The third-order valence-electron chi connectivity index (χ3n) is 1.87. The maximum atomic E-state index is 9.26. The van der Waals surface area contributed by atoms with E-state index >= 15 is 0 Å². The van der Waals surface area contributed by atoms with E-state index in [9.17, 15) is 5.11 Å². The summed E-state index contributed by atoms with van der Waals surface area (Å²) in [6.45, 7) is 0.712. The predicted molar refractivity (Wildman–Crippen MR) is 37.0 cm³/mol. The Morgan fingerprint density at radius 2 is 2.22 bits per heavy atom. The maximum absolute atomic E-state index is 9.26. The average molecular weight is 129 g/mol. The van der Waals surface area contributed by atoms with Crippen LogP contribution in [0, 0.1) is 5.92 Å². The van der Waals surface area contributed by atoms with E-state index in [-0.39, 0.29) is 6.10 Å². The summed E-state index contributed by atoms with van der Waals surface area (Å²) in [7, 11) is 0. The number of nitrogens with two attached hydrogens (primary N) is 1. The molecule has 0 aromatic heterocycles. The molecule has 1 aliphatic carbocycles. The zero-order valence-electron chi connectivity index (χ0n) is 5.71. The highest BCUT2D eigenvalue weighted by Crippen LogP contribution is 2.34. The van der Waals surface area contributed by atoms with E-state index in [1.807, 2.05) is 0 Å². The van der Waals surface area contributed by atoms with Crippen molar-refractivity contribution in [1.82, 2.24) is 0 Å². The van der Waals surface area contributed by atoms with Gasteiger partial charge in [-0.05, 0) is 38.1 Å². The van der Waals surface area contributed by atoms with Gasteiger partial charge in [0.15, 0.2) is 0 Å². The molecule has 1 saturated carbocycles. The van der Waals surface area contributed by atoms with Gasteiger partial charge in [-0.1, -0.05) is 0 Å². The Kier molecular flexibility index (Phi) is 2.49. The Balaban J connectivity index is 1.96. The Labute approximate surface area is 56.1 Å². The van der Waals surface area contributed by atoms with E-state index < -0.39 is 0 Å². The molecule has 3 N–H and O–H groups in total. The van der Waals surface area contributed by atoms with Crippen molar-refractivity contribution in [2.75, 3.05) is 6.54 Å². The molecule has 0 saturated heterocycles. The third kappa shape index (κ3) is 2.33. The number of aliphatic hydroxyl groups is 1. The second-order valence-corrected chi connectivity index (χ2v) is 2.84. The summed E-state index contributed by atoms with van der Waals surface area (Å²) in [4.78, 5) is 0. The normalized spacial score (nSPS) is 22.0. The van der Waals surface area contributed by atoms with Crippen LogP contribution >= 0.6 is 0 Å². The van der Waals surface area contributed by atoms with Crippen molar-refractivity contribution in [2.45, 2.75) is 31.8 Å². The summed E-state index contributed by atoms with van der Waals surface area (Å²) in [6.07, 6.45) is 4.28. The summed E-state index contributed by atoms with van der Waals surface area (Å²) >= 11 is 0. The highest BCUT2D eigenvalue weighted by atomic mass is 16.3. The SMILES string of the molecule is NCCCC(O)C1CC1. The number of hydrogen-bond acceptors (Lipinski definition) is 2. The summed E-state index contributed by atoms with van der Waals surface area (Å²) in [6, 6.07) is 0. The van der Waals surface area contributed by atoms with Gasteiger partial charge in [-0.3, -0.25) is 0 Å². The smallest absolute Gasteiger partial charge is 0.0568 e. The van der Waals surface area contributed by atoms with Crippen LogP contribution in [0.25, 0.3) is 0 Å². The van der Waals surface area contributed by atoms with Crippen molar-refractivity contribution < 1.29 is 5.11 Å². The second kappa shape index (κ2) is 3.18. The first-order valence-corrected chi connectivity index (χ1v) is 3.72. The van der Waals surface area contributed by atoms with Crippen LogP contribution in [0.5, 0.6) is 0 Å². The standard InChI is InChI=1S/C7H15NO/c8-5-1-2-7(9)6-3-4-6/h6-7,9H,1-5,8H2. The second-order valence-electron chi connectivity index (χ2n) is 2.84. The molecule has 0 radical (unpaired) electrons. The number of rotatable bonds is 4. The minimum absolute atomic E-state index is 0.0476. The molecule has 0 spiro atoms. The minimum atomic E-state index is -0.0476. The van der Waals surface area contributed by atoms with E-state index in [2.05, 4.69) is 0 Å². The Morgan fingerprint density at radius 1 is 1.56 bits per heavy atom. The van der Waals surface area contributed by atoms with Gasteiger partial charge in [-0.15, -0.1) is 0 Å². The Bertz CT molecular complexity index is 81.0. The van der Waals surface area contributed by atoms with Gasteiger partial charge in [0.1, 0.15) is 0 Å². The van der Waals surface area contributed by atoms with Crippen LogP contribution in [0.15, 0.2) is 0 Å². The monoisotopic (exact) mass is 129 g/mol. The molecule has 0 amide bonds. The van der Waals surface area contributed by atoms with Crippen molar-refractivity contribution in [2.24, 2.45) is 11.7 Å². The van der Waals surface area contributed by atoms with Gasteiger partial charge in [0.25, 0.3) is 0 Å². The van der Waals surface area contributed by atoms with E-state index in [0.717, 1.165) is 12.8 Å². The van der Waals surface area contributed by atoms with Gasteiger partial charge in [0.05, 0.1) is 6.10 Å². The summed E-state index contributed by atoms with van der Waals surface area (Å²) in [5.74, 6) is 0.622. The maximum Gasteiger partial charge on any atom is 0.0568 e. The zero-order valence-corrected chi connectivity index (χ0v) is 5.71. The summed E-state index contributed by atoms with van der Waals surface area (Å²) in [5.41, 5.74) is 5.29. The van der Waals surface area contributed by atoms with Crippen LogP contribution in [-0.4, -0.2) is 17.8 Å². The van der Waals surface area contributed by atoms with Crippen LogP contribution in [0.3, 0.4) is 0 Å². The molecule has 2 heteroatoms. The van der Waals surface area contributed by atoms with Crippen LogP contribution in [0.1, 0.15) is 25.7 Å². The fourth-order valence-electron chi connectivity index (χ4n) is 1.04. The van der Waals surface area contributed by atoms with Crippen LogP contribution in [0.2, 0.25) is 0 Å². The van der Waals surface area contributed by atoms with Gasteiger partial charge in [0.2, 0.25) is 0 Å². The summed E-state index contributed by atoms with van der Waals surface area (Å²) < 4.78 is 0. The van der Waals surface area contributed by atoms with E-state index in [1.165, 1.54) is 12.8 Å². The van der Waals surface area contributed by atoms with E-state index in [4.69, 9.17) is 5.73 Å². The van der Waals surface area contributed by atoms with Crippen molar-refractivity contribution in [3.63, 3.8) is 0 Å². The van der Waals surface area contributed by atoms with E-state index in [1.54, 1.807) is 0 Å². The molecule has 1 atom stereocenters. The highest BCUT2D eigenvalue weighted by molar-refractivity contribution is 4.80. The lowest BCUT2D eigenvalue weighted by molar-refractivity contribution is 0.140. The topological polar surface area (TPSA) is 46.2 Å². The first-order chi connectivity index (χ1) is 4.34. The lowest BCUT2D eigenvalue weighted by Crippen LogP contribution is -2.11. The molecule has 0 aromatic carbocycles. The van der Waals surface area contributed by atoms with Crippen molar-refractivity contribution in [3.8, 4) is 0 Å². The quantitative estimate of drug-likeness (QED) is 0.580. The van der Waals surface area contributed by atoms with Crippen molar-refractivity contribution in [1.29, 1.82) is 0 Å². The lowest BCUT2D eigenvalue weighted by atomic mass is 10.1. The molecule has 1 unspecified atom stereocenters. The largest absolute Gasteiger partial charge is 0.393 e. The average Bonchev–Trinajstić information content (AvgIpc) is 2.63. The predicted octanol–water partition coefficient (Wildman–Crippen LogP) is 0.496. The zero-order chi connectivity index (χ0) is 6.69. The molecule has 1 aliphatic rings. The molecular formula is C7H15NO. The lowest BCUT2D eigenvalue weighted by Gasteiger charge is -2.05. The first-order valence-electron chi connectivity index (χ1n) is 3.72. The Morgan fingerprint density at radius 3 is 2.67 bits per heavy atom. The summed E-state index contributed by atoms with van der Waals surface area (Å²) in [5, 5.41) is 9.26. The van der Waals surface area contributed by atoms with E-state index in [0.29, 0.717) is 12.5 Å². The van der Waals surface area contributed by atoms with Gasteiger partial charge < -0.3 is 10.8 Å². The minimum Gasteiger partial charge on any atom is -0.393 e. The van der Waals surface area contributed by atoms with Gasteiger partial charge in [0, 0.05) is 0 Å². The molecule has 0 aliphatic heterocycles. The molecule has 0 bridgehead atoms. The van der Waals surface area contributed by atoms with Gasteiger partial charge in [-0.25, -0.2) is 0 Å². The van der Waals surface area contributed by atoms with Crippen LogP contribution in [-0.2, 0) is 0 Å².